The summed E-state index contributed by atoms with van der Waals surface area (Å²) < 4.78 is 0. The molecule has 112 valence electrons. The number of piperazine rings is 1. The van der Waals surface area contributed by atoms with Crippen molar-refractivity contribution in [2.45, 2.75) is 84.8 Å². The summed E-state index contributed by atoms with van der Waals surface area (Å²) in [6, 6.07) is 2.22. The Morgan fingerprint density at radius 2 is 2.00 bits per heavy atom. The van der Waals surface area contributed by atoms with Gasteiger partial charge in [0, 0.05) is 31.2 Å². The van der Waals surface area contributed by atoms with E-state index in [-0.39, 0.29) is 0 Å². The third kappa shape index (κ3) is 3.33. The van der Waals surface area contributed by atoms with Gasteiger partial charge in [-0.05, 0) is 30.6 Å². The molecule has 0 amide bonds. The first-order valence-electron chi connectivity index (χ1n) is 8.45. The predicted molar refractivity (Wildman–Crippen MR) is 83.5 cm³/mol. The van der Waals surface area contributed by atoms with Crippen molar-refractivity contribution >= 4 is 0 Å². The normalized spacial score (nSPS) is 36.6. The van der Waals surface area contributed by atoms with Crippen LogP contribution in [0.25, 0.3) is 0 Å². The molecule has 0 aromatic heterocycles. The highest BCUT2D eigenvalue weighted by Crippen LogP contribution is 2.40. The monoisotopic (exact) mass is 266 g/mol. The number of rotatable bonds is 3. The van der Waals surface area contributed by atoms with Gasteiger partial charge in [0.1, 0.15) is 0 Å². The van der Waals surface area contributed by atoms with Crippen molar-refractivity contribution < 1.29 is 0 Å². The molecule has 1 N–H and O–H groups in total. The van der Waals surface area contributed by atoms with Crippen molar-refractivity contribution in [3.05, 3.63) is 0 Å². The van der Waals surface area contributed by atoms with Crippen molar-refractivity contribution in [3.63, 3.8) is 0 Å². The Hall–Kier alpha value is -0.0800. The van der Waals surface area contributed by atoms with Crippen molar-refractivity contribution in [3.8, 4) is 0 Å². The molecule has 0 aromatic carbocycles. The second-order valence-electron chi connectivity index (χ2n) is 7.77. The summed E-state index contributed by atoms with van der Waals surface area (Å²) in [5.74, 6) is 0.753. The zero-order valence-corrected chi connectivity index (χ0v) is 13.7. The molecule has 0 spiro atoms. The molecular formula is C17H34N2. The fourth-order valence-corrected chi connectivity index (χ4v) is 4.20. The van der Waals surface area contributed by atoms with Crippen molar-refractivity contribution in [1.29, 1.82) is 0 Å². The first kappa shape index (κ1) is 15.3. The van der Waals surface area contributed by atoms with Gasteiger partial charge < -0.3 is 5.32 Å². The van der Waals surface area contributed by atoms with Crippen LogP contribution in [0.5, 0.6) is 0 Å². The third-order valence-electron chi connectivity index (χ3n) is 5.59. The summed E-state index contributed by atoms with van der Waals surface area (Å²) in [7, 11) is 0. The van der Waals surface area contributed by atoms with E-state index in [1.165, 1.54) is 45.2 Å². The molecule has 2 rings (SSSR count). The molecule has 0 bridgehead atoms. The van der Waals surface area contributed by atoms with Gasteiger partial charge in [-0.25, -0.2) is 0 Å². The molecule has 3 atom stereocenters. The minimum absolute atomic E-state index is 0.501. The van der Waals surface area contributed by atoms with E-state index in [4.69, 9.17) is 0 Å². The average molecular weight is 266 g/mol. The molecule has 2 heteroatoms. The van der Waals surface area contributed by atoms with Gasteiger partial charge in [-0.2, -0.15) is 0 Å². The lowest BCUT2D eigenvalue weighted by Gasteiger charge is -2.53. The molecule has 2 aliphatic rings. The quantitative estimate of drug-likeness (QED) is 0.838. The molecule has 1 aliphatic heterocycles. The van der Waals surface area contributed by atoms with Crippen LogP contribution in [-0.4, -0.2) is 36.1 Å². The van der Waals surface area contributed by atoms with Crippen molar-refractivity contribution in [2.24, 2.45) is 11.3 Å². The first-order valence-corrected chi connectivity index (χ1v) is 8.45. The van der Waals surface area contributed by atoms with Gasteiger partial charge in [0.05, 0.1) is 0 Å². The van der Waals surface area contributed by atoms with E-state index < -0.39 is 0 Å². The second kappa shape index (κ2) is 6.13. The number of nitrogens with zero attached hydrogens (tertiary/aromatic N) is 1. The fraction of sp³-hybridized carbons (Fsp3) is 1.00. The Bertz CT molecular complexity index is 285. The van der Waals surface area contributed by atoms with Gasteiger partial charge in [-0.3, -0.25) is 4.90 Å². The molecule has 19 heavy (non-hydrogen) atoms. The van der Waals surface area contributed by atoms with E-state index in [9.17, 15) is 0 Å². The lowest BCUT2D eigenvalue weighted by Crippen LogP contribution is -2.63. The highest BCUT2D eigenvalue weighted by Gasteiger charge is 2.41. The number of nitrogens with one attached hydrogen (secondary N) is 1. The van der Waals surface area contributed by atoms with Crippen LogP contribution in [0.4, 0.5) is 0 Å². The molecule has 1 aliphatic carbocycles. The lowest BCUT2D eigenvalue weighted by molar-refractivity contribution is -0.0199. The summed E-state index contributed by atoms with van der Waals surface area (Å²) in [4.78, 5) is 2.88. The van der Waals surface area contributed by atoms with Gasteiger partial charge >= 0.3 is 0 Å². The van der Waals surface area contributed by atoms with Crippen LogP contribution in [0, 0.1) is 11.3 Å². The van der Waals surface area contributed by atoms with Gasteiger partial charge in [-0.1, -0.05) is 47.5 Å². The molecule has 1 heterocycles. The minimum Gasteiger partial charge on any atom is -0.311 e. The Morgan fingerprint density at radius 1 is 1.26 bits per heavy atom. The summed E-state index contributed by atoms with van der Waals surface area (Å²) in [5, 5.41) is 3.75. The lowest BCUT2D eigenvalue weighted by atomic mass is 9.71. The van der Waals surface area contributed by atoms with Gasteiger partial charge in [0.25, 0.3) is 0 Å². The molecule has 0 radical (unpaired) electrons. The Balaban J connectivity index is 2.15. The summed E-state index contributed by atoms with van der Waals surface area (Å²) in [6.45, 7) is 14.5. The molecular weight excluding hydrogens is 232 g/mol. The smallest absolute Gasteiger partial charge is 0.0247 e. The van der Waals surface area contributed by atoms with Crippen LogP contribution in [0.2, 0.25) is 0 Å². The second-order valence-corrected chi connectivity index (χ2v) is 7.77. The molecule has 0 aromatic rings. The summed E-state index contributed by atoms with van der Waals surface area (Å²) in [6.07, 6.45) is 6.93. The summed E-state index contributed by atoms with van der Waals surface area (Å²) in [5.41, 5.74) is 0.501. The van der Waals surface area contributed by atoms with Gasteiger partial charge in [-0.15, -0.1) is 0 Å². The van der Waals surface area contributed by atoms with Gasteiger partial charge in [0.15, 0.2) is 0 Å². The van der Waals surface area contributed by atoms with Crippen molar-refractivity contribution in [1.82, 2.24) is 10.2 Å². The average Bonchev–Trinajstić information content (AvgIpc) is 2.37. The van der Waals surface area contributed by atoms with Gasteiger partial charge in [0.2, 0.25) is 0 Å². The SMILES string of the molecule is CCC1CN(C2CCCCC2(C)C)C(C(C)C)CN1. The minimum atomic E-state index is 0.501. The van der Waals surface area contributed by atoms with Crippen LogP contribution < -0.4 is 5.32 Å². The fourth-order valence-electron chi connectivity index (χ4n) is 4.20. The Morgan fingerprint density at radius 3 is 2.58 bits per heavy atom. The van der Waals surface area contributed by atoms with Crippen LogP contribution >= 0.6 is 0 Å². The first-order chi connectivity index (χ1) is 8.95. The highest BCUT2D eigenvalue weighted by molar-refractivity contribution is 4.97. The maximum absolute atomic E-state index is 3.75. The van der Waals surface area contributed by atoms with Crippen molar-refractivity contribution in [2.75, 3.05) is 13.1 Å². The van der Waals surface area contributed by atoms with Crippen LogP contribution in [-0.2, 0) is 0 Å². The van der Waals surface area contributed by atoms with Crippen LogP contribution in [0.3, 0.4) is 0 Å². The molecule has 1 saturated heterocycles. The topological polar surface area (TPSA) is 15.3 Å². The largest absolute Gasteiger partial charge is 0.311 e. The van der Waals surface area contributed by atoms with E-state index in [2.05, 4.69) is 44.8 Å². The molecule has 1 saturated carbocycles. The standard InChI is InChI=1S/C17H34N2/c1-6-14-12-19(15(11-18-14)13(2)3)16-9-7-8-10-17(16,4)5/h13-16,18H,6-12H2,1-5H3. The molecule has 3 unspecified atom stereocenters. The predicted octanol–water partition coefficient (Wildman–Crippen LogP) is 3.66. The van der Waals surface area contributed by atoms with E-state index in [0.717, 1.165) is 18.0 Å². The van der Waals surface area contributed by atoms with E-state index in [1.54, 1.807) is 0 Å². The van der Waals surface area contributed by atoms with Crippen LogP contribution in [0.1, 0.15) is 66.7 Å². The number of hydrogen-bond acceptors (Lipinski definition) is 2. The maximum Gasteiger partial charge on any atom is 0.0247 e. The Kier molecular flexibility index (Phi) is 4.94. The molecule has 2 fully saturated rings. The maximum atomic E-state index is 3.75. The summed E-state index contributed by atoms with van der Waals surface area (Å²) >= 11 is 0. The zero-order chi connectivity index (χ0) is 14.0. The Labute approximate surface area is 120 Å². The van der Waals surface area contributed by atoms with E-state index >= 15 is 0 Å². The van der Waals surface area contributed by atoms with E-state index in [1.807, 2.05) is 0 Å². The number of hydrogen-bond donors (Lipinski definition) is 1. The third-order valence-corrected chi connectivity index (χ3v) is 5.59. The zero-order valence-electron chi connectivity index (χ0n) is 13.7. The van der Waals surface area contributed by atoms with Crippen LogP contribution in [0.15, 0.2) is 0 Å². The highest BCUT2D eigenvalue weighted by atomic mass is 15.3. The molecule has 2 nitrogen and oxygen atoms in total. The van der Waals surface area contributed by atoms with E-state index in [0.29, 0.717) is 11.5 Å².